The summed E-state index contributed by atoms with van der Waals surface area (Å²) in [6.45, 7) is 12.4. The minimum Gasteiger partial charge on any atom is -0.389 e. The first-order valence-corrected chi connectivity index (χ1v) is 7.67. The van der Waals surface area contributed by atoms with Gasteiger partial charge in [0.25, 0.3) is 0 Å². The number of anilines is 1. The van der Waals surface area contributed by atoms with Gasteiger partial charge in [0.15, 0.2) is 5.13 Å². The molecular weight excluding hydrogens is 274 g/mol. The molecule has 1 aromatic rings. The van der Waals surface area contributed by atoms with Gasteiger partial charge in [-0.2, -0.15) is 0 Å². The molecule has 1 heterocycles. The van der Waals surface area contributed by atoms with Gasteiger partial charge in [0.1, 0.15) is 0 Å². The number of aryl methyl sites for hydroxylation is 2. The van der Waals surface area contributed by atoms with Crippen LogP contribution in [0.2, 0.25) is 0 Å². The fourth-order valence-electron chi connectivity index (χ4n) is 1.92. The monoisotopic (exact) mass is 299 g/mol. The maximum Gasteiger partial charge on any atom is 0.243 e. The molecule has 0 aliphatic rings. The lowest BCUT2D eigenvalue weighted by Gasteiger charge is -2.31. The molecule has 0 fully saturated rings. The SMILES string of the molecule is CCN(CC(C)(C)O)C(C)C(=O)Nc1nc(C)c(C)s1. The van der Waals surface area contributed by atoms with Crippen LogP contribution in [-0.4, -0.2) is 45.6 Å². The van der Waals surface area contributed by atoms with Gasteiger partial charge in [0.05, 0.1) is 17.3 Å². The van der Waals surface area contributed by atoms with Crippen molar-refractivity contribution in [2.45, 2.75) is 53.2 Å². The molecule has 1 amide bonds. The molecule has 1 unspecified atom stereocenters. The van der Waals surface area contributed by atoms with E-state index in [9.17, 15) is 9.90 Å². The van der Waals surface area contributed by atoms with Crippen molar-refractivity contribution in [1.82, 2.24) is 9.88 Å². The average molecular weight is 299 g/mol. The summed E-state index contributed by atoms with van der Waals surface area (Å²) in [5.41, 5.74) is 0.126. The molecule has 0 spiro atoms. The molecule has 0 bridgehead atoms. The molecule has 0 aromatic carbocycles. The van der Waals surface area contributed by atoms with Gasteiger partial charge < -0.3 is 10.4 Å². The van der Waals surface area contributed by atoms with E-state index in [2.05, 4.69) is 10.3 Å². The number of likely N-dealkylation sites (N-methyl/N-ethyl adjacent to an activating group) is 1. The van der Waals surface area contributed by atoms with E-state index in [1.165, 1.54) is 11.3 Å². The molecule has 20 heavy (non-hydrogen) atoms. The number of thiazole rings is 1. The van der Waals surface area contributed by atoms with Gasteiger partial charge in [-0.3, -0.25) is 9.69 Å². The third-order valence-electron chi connectivity index (χ3n) is 3.18. The molecule has 0 aliphatic heterocycles. The highest BCUT2D eigenvalue weighted by atomic mass is 32.1. The minimum atomic E-state index is -0.821. The van der Waals surface area contributed by atoms with Crippen molar-refractivity contribution >= 4 is 22.4 Å². The lowest BCUT2D eigenvalue weighted by molar-refractivity contribution is -0.121. The number of carbonyl (C=O) groups is 1. The molecule has 5 nitrogen and oxygen atoms in total. The van der Waals surface area contributed by atoms with E-state index < -0.39 is 5.60 Å². The highest BCUT2D eigenvalue weighted by molar-refractivity contribution is 7.15. The first-order chi connectivity index (χ1) is 9.14. The summed E-state index contributed by atoms with van der Waals surface area (Å²) in [5.74, 6) is -0.0927. The maximum atomic E-state index is 12.3. The van der Waals surface area contributed by atoms with E-state index >= 15 is 0 Å². The highest BCUT2D eigenvalue weighted by Crippen LogP contribution is 2.21. The van der Waals surface area contributed by atoms with Crippen LogP contribution in [0.5, 0.6) is 0 Å². The van der Waals surface area contributed by atoms with Crippen LogP contribution in [0, 0.1) is 13.8 Å². The smallest absolute Gasteiger partial charge is 0.243 e. The summed E-state index contributed by atoms with van der Waals surface area (Å²) in [7, 11) is 0. The maximum absolute atomic E-state index is 12.3. The average Bonchev–Trinajstić information content (AvgIpc) is 2.63. The number of hydrogen-bond donors (Lipinski definition) is 2. The Bertz CT molecular complexity index is 446. The normalized spacial score (nSPS) is 13.6. The Labute approximate surface area is 125 Å². The van der Waals surface area contributed by atoms with Crippen LogP contribution in [0.15, 0.2) is 0 Å². The second-order valence-corrected chi connectivity index (χ2v) is 6.90. The molecule has 114 valence electrons. The lowest BCUT2D eigenvalue weighted by Crippen LogP contribution is -2.48. The van der Waals surface area contributed by atoms with E-state index in [1.807, 2.05) is 32.6 Å². The summed E-state index contributed by atoms with van der Waals surface area (Å²) >= 11 is 1.48. The predicted octanol–water partition coefficient (Wildman–Crippen LogP) is 2.18. The Morgan fingerprint density at radius 2 is 2.10 bits per heavy atom. The number of nitrogens with zero attached hydrogens (tertiary/aromatic N) is 2. The fraction of sp³-hybridized carbons (Fsp3) is 0.714. The number of aromatic nitrogens is 1. The first kappa shape index (κ1) is 17.1. The van der Waals surface area contributed by atoms with E-state index in [0.29, 0.717) is 18.2 Å². The summed E-state index contributed by atoms with van der Waals surface area (Å²) in [6, 6.07) is -0.309. The van der Waals surface area contributed by atoms with Crippen LogP contribution in [-0.2, 0) is 4.79 Å². The molecule has 6 heteroatoms. The van der Waals surface area contributed by atoms with E-state index in [4.69, 9.17) is 0 Å². The number of aliphatic hydroxyl groups is 1. The van der Waals surface area contributed by atoms with Crippen LogP contribution in [0.3, 0.4) is 0 Å². The van der Waals surface area contributed by atoms with Crippen molar-refractivity contribution in [3.05, 3.63) is 10.6 Å². The van der Waals surface area contributed by atoms with Crippen molar-refractivity contribution in [2.24, 2.45) is 0 Å². The highest BCUT2D eigenvalue weighted by Gasteiger charge is 2.26. The quantitative estimate of drug-likeness (QED) is 0.845. The van der Waals surface area contributed by atoms with E-state index in [-0.39, 0.29) is 11.9 Å². The van der Waals surface area contributed by atoms with Gasteiger partial charge >= 0.3 is 0 Å². The van der Waals surface area contributed by atoms with Crippen molar-refractivity contribution < 1.29 is 9.90 Å². The van der Waals surface area contributed by atoms with Crippen LogP contribution < -0.4 is 5.32 Å². The first-order valence-electron chi connectivity index (χ1n) is 6.85. The minimum absolute atomic E-state index is 0.0927. The van der Waals surface area contributed by atoms with Crippen molar-refractivity contribution in [2.75, 3.05) is 18.4 Å². The zero-order valence-corrected chi connectivity index (χ0v) is 14.0. The molecule has 1 atom stereocenters. The second-order valence-electron chi connectivity index (χ2n) is 5.70. The number of amides is 1. The molecule has 1 rings (SSSR count). The lowest BCUT2D eigenvalue weighted by atomic mass is 10.1. The van der Waals surface area contributed by atoms with Gasteiger partial charge in [0, 0.05) is 11.4 Å². The van der Waals surface area contributed by atoms with Gasteiger partial charge in [-0.1, -0.05) is 6.92 Å². The number of nitrogens with one attached hydrogen (secondary N) is 1. The Kier molecular flexibility index (Phi) is 5.68. The Hall–Kier alpha value is -0.980. The molecular formula is C14H25N3O2S. The number of rotatable bonds is 6. The van der Waals surface area contributed by atoms with Crippen LogP contribution in [0.1, 0.15) is 38.3 Å². The molecule has 0 radical (unpaired) electrons. The molecule has 0 saturated carbocycles. The Balaban J connectivity index is 2.69. The number of carbonyl (C=O) groups excluding carboxylic acids is 1. The molecule has 0 aliphatic carbocycles. The van der Waals surface area contributed by atoms with Gasteiger partial charge in [-0.25, -0.2) is 4.98 Å². The summed E-state index contributed by atoms with van der Waals surface area (Å²) < 4.78 is 0. The summed E-state index contributed by atoms with van der Waals surface area (Å²) in [6.07, 6.45) is 0. The van der Waals surface area contributed by atoms with Gasteiger partial charge in [-0.15, -0.1) is 11.3 Å². The third kappa shape index (κ3) is 4.85. The summed E-state index contributed by atoms with van der Waals surface area (Å²) in [4.78, 5) is 19.6. The van der Waals surface area contributed by atoms with Crippen LogP contribution in [0.25, 0.3) is 0 Å². The van der Waals surface area contributed by atoms with Crippen LogP contribution in [0.4, 0.5) is 5.13 Å². The van der Waals surface area contributed by atoms with E-state index in [1.54, 1.807) is 13.8 Å². The fourth-order valence-corrected chi connectivity index (χ4v) is 2.74. The largest absolute Gasteiger partial charge is 0.389 e. The third-order valence-corrected chi connectivity index (χ3v) is 4.17. The predicted molar refractivity (Wildman–Crippen MR) is 83.2 cm³/mol. The second kappa shape index (κ2) is 6.65. The van der Waals surface area contributed by atoms with Crippen LogP contribution >= 0.6 is 11.3 Å². The molecule has 2 N–H and O–H groups in total. The van der Waals surface area contributed by atoms with E-state index in [0.717, 1.165) is 10.6 Å². The Morgan fingerprint density at radius 3 is 2.50 bits per heavy atom. The topological polar surface area (TPSA) is 65.5 Å². The molecule has 1 aromatic heterocycles. The zero-order valence-electron chi connectivity index (χ0n) is 13.1. The van der Waals surface area contributed by atoms with Crippen molar-refractivity contribution in [3.63, 3.8) is 0 Å². The zero-order chi connectivity index (χ0) is 15.5. The van der Waals surface area contributed by atoms with Crippen molar-refractivity contribution in [1.29, 1.82) is 0 Å². The van der Waals surface area contributed by atoms with Gasteiger partial charge in [0.2, 0.25) is 5.91 Å². The Morgan fingerprint density at radius 1 is 1.50 bits per heavy atom. The number of hydrogen-bond acceptors (Lipinski definition) is 5. The summed E-state index contributed by atoms with van der Waals surface area (Å²) in [5, 5.41) is 13.4. The van der Waals surface area contributed by atoms with Gasteiger partial charge in [-0.05, 0) is 41.2 Å². The van der Waals surface area contributed by atoms with Crippen molar-refractivity contribution in [3.8, 4) is 0 Å². The standard InChI is InChI=1S/C14H25N3O2S/c1-7-17(8-14(5,6)19)10(3)12(18)16-13-15-9(2)11(4)20-13/h10,19H,7-8H2,1-6H3,(H,15,16,18). The molecule has 0 saturated heterocycles.